The number of methoxy groups -OCH3 is 2. The molecule has 0 radical (unpaired) electrons. The Balaban J connectivity index is 1.88. The highest BCUT2D eigenvalue weighted by Gasteiger charge is 2.12. The molecule has 0 atom stereocenters. The number of benzene rings is 2. The van der Waals surface area contributed by atoms with Gasteiger partial charge in [-0.15, -0.1) is 0 Å². The van der Waals surface area contributed by atoms with Crippen LogP contribution in [-0.4, -0.2) is 28.7 Å². The second-order valence-electron chi connectivity index (χ2n) is 6.64. The molecule has 2 N–H and O–H groups in total. The van der Waals surface area contributed by atoms with E-state index in [0.29, 0.717) is 24.6 Å². The summed E-state index contributed by atoms with van der Waals surface area (Å²) in [5, 5.41) is 3.37. The molecule has 6 nitrogen and oxygen atoms in total. The Morgan fingerprint density at radius 1 is 0.852 bits per heavy atom. The number of rotatable bonds is 10. The molecule has 148 valence electrons. The topological polar surface area (TPSA) is 76.7 Å². The highest BCUT2D eigenvalue weighted by Crippen LogP contribution is 2.27. The zero-order valence-corrected chi connectivity index (χ0v) is 17.1. The van der Waals surface area contributed by atoms with Crippen molar-refractivity contribution in [1.82, 2.24) is 10.0 Å². The standard InChI is InChI=1S/C20H28N2O4S/c1-15(2)22-27(23,24)14-17-7-5-16(6-8-17)12-21-13-18-9-10-19(25-3)20(11-18)26-4/h5-11,15,21-22H,12-14H2,1-4H3. The van der Waals surface area contributed by atoms with Gasteiger partial charge in [-0.05, 0) is 42.7 Å². The largest absolute Gasteiger partial charge is 0.493 e. The van der Waals surface area contributed by atoms with Crippen molar-refractivity contribution in [2.75, 3.05) is 14.2 Å². The lowest BCUT2D eigenvalue weighted by Gasteiger charge is -2.11. The molecule has 0 saturated carbocycles. The molecule has 0 amide bonds. The number of ether oxygens (including phenoxy) is 2. The van der Waals surface area contributed by atoms with E-state index in [2.05, 4.69) is 10.0 Å². The minimum absolute atomic E-state index is 0.00939. The van der Waals surface area contributed by atoms with Crippen LogP contribution in [0.1, 0.15) is 30.5 Å². The fraction of sp³-hybridized carbons (Fsp3) is 0.400. The summed E-state index contributed by atoms with van der Waals surface area (Å²) in [4.78, 5) is 0. The second-order valence-corrected chi connectivity index (χ2v) is 8.39. The summed E-state index contributed by atoms with van der Waals surface area (Å²) >= 11 is 0. The normalized spacial score (nSPS) is 11.6. The van der Waals surface area contributed by atoms with E-state index < -0.39 is 10.0 Å². The van der Waals surface area contributed by atoms with E-state index in [9.17, 15) is 8.42 Å². The summed E-state index contributed by atoms with van der Waals surface area (Å²) in [5.74, 6) is 1.40. The third-order valence-corrected chi connectivity index (χ3v) is 5.45. The van der Waals surface area contributed by atoms with Gasteiger partial charge < -0.3 is 14.8 Å². The summed E-state index contributed by atoms with van der Waals surface area (Å²) < 4.78 is 37.1. The van der Waals surface area contributed by atoms with Crippen LogP contribution in [0.3, 0.4) is 0 Å². The minimum Gasteiger partial charge on any atom is -0.493 e. The van der Waals surface area contributed by atoms with Crippen molar-refractivity contribution in [2.45, 2.75) is 38.7 Å². The van der Waals surface area contributed by atoms with Crippen LogP contribution >= 0.6 is 0 Å². The monoisotopic (exact) mass is 392 g/mol. The van der Waals surface area contributed by atoms with Gasteiger partial charge in [0.1, 0.15) is 0 Å². The molecule has 2 aromatic rings. The molecular weight excluding hydrogens is 364 g/mol. The first kappa shape index (κ1) is 21.2. The zero-order valence-electron chi connectivity index (χ0n) is 16.3. The van der Waals surface area contributed by atoms with Crippen molar-refractivity contribution >= 4 is 10.0 Å². The van der Waals surface area contributed by atoms with Crippen molar-refractivity contribution in [1.29, 1.82) is 0 Å². The van der Waals surface area contributed by atoms with Crippen molar-refractivity contribution in [3.8, 4) is 11.5 Å². The van der Waals surface area contributed by atoms with Crippen LogP contribution in [0.25, 0.3) is 0 Å². The lowest BCUT2D eigenvalue weighted by molar-refractivity contribution is 0.354. The highest BCUT2D eigenvalue weighted by molar-refractivity contribution is 7.88. The van der Waals surface area contributed by atoms with Gasteiger partial charge in [-0.2, -0.15) is 0 Å². The van der Waals surface area contributed by atoms with Crippen LogP contribution in [0.15, 0.2) is 42.5 Å². The van der Waals surface area contributed by atoms with Gasteiger partial charge in [-0.1, -0.05) is 30.3 Å². The van der Waals surface area contributed by atoms with Gasteiger partial charge in [-0.25, -0.2) is 13.1 Å². The minimum atomic E-state index is -3.30. The molecule has 0 aliphatic carbocycles. The van der Waals surface area contributed by atoms with Crippen molar-refractivity contribution < 1.29 is 17.9 Å². The zero-order chi connectivity index (χ0) is 19.9. The Morgan fingerprint density at radius 2 is 1.41 bits per heavy atom. The maximum atomic E-state index is 12.0. The first-order valence-electron chi connectivity index (χ1n) is 8.82. The SMILES string of the molecule is COc1ccc(CNCc2ccc(CS(=O)(=O)NC(C)C)cc2)cc1OC. The van der Waals surface area contributed by atoms with E-state index in [1.54, 1.807) is 14.2 Å². The van der Waals surface area contributed by atoms with Gasteiger partial charge in [-0.3, -0.25) is 0 Å². The maximum Gasteiger partial charge on any atom is 0.216 e. The molecule has 0 bridgehead atoms. The Morgan fingerprint density at radius 3 is 2.00 bits per heavy atom. The van der Waals surface area contributed by atoms with Crippen LogP contribution in [0, 0.1) is 0 Å². The molecule has 27 heavy (non-hydrogen) atoms. The summed E-state index contributed by atoms with van der Waals surface area (Å²) in [6.45, 7) is 5.00. The van der Waals surface area contributed by atoms with Crippen LogP contribution < -0.4 is 19.5 Å². The first-order chi connectivity index (χ1) is 12.8. The molecule has 0 fully saturated rings. The van der Waals surface area contributed by atoms with Gasteiger partial charge in [0.15, 0.2) is 11.5 Å². The number of hydrogen-bond donors (Lipinski definition) is 2. The Kier molecular flexibility index (Phi) is 7.65. The van der Waals surface area contributed by atoms with E-state index in [1.165, 1.54) is 0 Å². The predicted molar refractivity (Wildman–Crippen MR) is 107 cm³/mol. The fourth-order valence-corrected chi connectivity index (χ4v) is 4.15. The number of hydrogen-bond acceptors (Lipinski definition) is 5. The van der Waals surface area contributed by atoms with E-state index in [0.717, 1.165) is 16.7 Å². The fourth-order valence-electron chi connectivity index (χ4n) is 2.72. The quantitative estimate of drug-likeness (QED) is 0.650. The van der Waals surface area contributed by atoms with E-state index in [1.807, 2.05) is 56.3 Å². The molecule has 2 rings (SSSR count). The van der Waals surface area contributed by atoms with Crippen molar-refractivity contribution in [3.63, 3.8) is 0 Å². The molecule has 0 aromatic heterocycles. The van der Waals surface area contributed by atoms with Gasteiger partial charge in [0.2, 0.25) is 10.0 Å². The Bertz CT molecular complexity index is 834. The van der Waals surface area contributed by atoms with Crippen LogP contribution in [0.5, 0.6) is 11.5 Å². The second kappa shape index (κ2) is 9.73. The Labute approximate surface area is 161 Å². The number of nitrogens with one attached hydrogen (secondary N) is 2. The molecule has 0 saturated heterocycles. The lowest BCUT2D eigenvalue weighted by atomic mass is 10.1. The number of sulfonamides is 1. The summed E-state index contributed by atoms with van der Waals surface area (Å²) in [5.41, 5.74) is 2.95. The molecule has 0 heterocycles. The van der Waals surface area contributed by atoms with Gasteiger partial charge in [0.25, 0.3) is 0 Å². The third kappa shape index (κ3) is 6.86. The molecular formula is C20H28N2O4S. The molecule has 0 unspecified atom stereocenters. The van der Waals surface area contributed by atoms with E-state index in [4.69, 9.17) is 9.47 Å². The van der Waals surface area contributed by atoms with Crippen molar-refractivity contribution in [3.05, 3.63) is 59.2 Å². The smallest absolute Gasteiger partial charge is 0.216 e. The highest BCUT2D eigenvalue weighted by atomic mass is 32.2. The summed E-state index contributed by atoms with van der Waals surface area (Å²) in [6.07, 6.45) is 0. The Hall–Kier alpha value is -2.09. The van der Waals surface area contributed by atoms with E-state index in [-0.39, 0.29) is 11.8 Å². The molecule has 0 aliphatic heterocycles. The summed E-state index contributed by atoms with van der Waals surface area (Å²) in [6, 6.07) is 13.3. The van der Waals surface area contributed by atoms with Gasteiger partial charge >= 0.3 is 0 Å². The summed E-state index contributed by atoms with van der Waals surface area (Å²) in [7, 11) is -0.0666. The first-order valence-corrected chi connectivity index (χ1v) is 10.5. The average molecular weight is 393 g/mol. The van der Waals surface area contributed by atoms with Gasteiger partial charge in [0, 0.05) is 19.1 Å². The van der Waals surface area contributed by atoms with Crippen LogP contribution in [0.2, 0.25) is 0 Å². The molecule has 7 heteroatoms. The van der Waals surface area contributed by atoms with Crippen molar-refractivity contribution in [2.24, 2.45) is 0 Å². The van der Waals surface area contributed by atoms with E-state index >= 15 is 0 Å². The molecule has 0 aliphatic rings. The molecule has 0 spiro atoms. The van der Waals surface area contributed by atoms with Gasteiger partial charge in [0.05, 0.1) is 20.0 Å². The average Bonchev–Trinajstić information content (AvgIpc) is 2.61. The van der Waals surface area contributed by atoms with Crippen LogP contribution in [-0.2, 0) is 28.9 Å². The lowest BCUT2D eigenvalue weighted by Crippen LogP contribution is -2.31. The van der Waals surface area contributed by atoms with Crippen LogP contribution in [0.4, 0.5) is 0 Å². The maximum absolute atomic E-state index is 12.0. The molecule has 2 aromatic carbocycles. The third-order valence-electron chi connectivity index (χ3n) is 3.90. The predicted octanol–water partition coefficient (Wildman–Crippen LogP) is 2.82.